The van der Waals surface area contributed by atoms with Crippen LogP contribution >= 0.6 is 11.3 Å². The third-order valence-corrected chi connectivity index (χ3v) is 4.65. The van der Waals surface area contributed by atoms with Gasteiger partial charge in [0.05, 0.1) is 16.5 Å². The molecule has 2 N–H and O–H groups in total. The highest BCUT2D eigenvalue weighted by Crippen LogP contribution is 2.22. The van der Waals surface area contributed by atoms with Crippen molar-refractivity contribution >= 4 is 23.2 Å². The summed E-state index contributed by atoms with van der Waals surface area (Å²) in [5.41, 5.74) is 7.59. The zero-order chi connectivity index (χ0) is 16.4. The maximum atomic E-state index is 12.2. The SMILES string of the molecule is Cc1ccc(C(=O)NNC(=O)[C@@H](C)c2c(C)nn(C)c2C)s1. The minimum Gasteiger partial charge on any atom is -0.273 e. The van der Waals surface area contributed by atoms with E-state index >= 15 is 0 Å². The van der Waals surface area contributed by atoms with Gasteiger partial charge in [-0.15, -0.1) is 11.3 Å². The molecular formula is C15H20N4O2S. The molecule has 118 valence electrons. The number of rotatable bonds is 3. The Hall–Kier alpha value is -2.15. The highest BCUT2D eigenvalue weighted by Gasteiger charge is 2.23. The molecule has 0 spiro atoms. The standard InChI is InChI=1S/C15H20N4O2S/c1-8-6-7-12(22-8)15(21)17-16-14(20)9(2)13-10(3)18-19(5)11(13)4/h6-7,9H,1-5H3,(H,16,20)(H,17,21)/t9-/m0/s1. The van der Waals surface area contributed by atoms with Gasteiger partial charge in [0.2, 0.25) is 5.91 Å². The molecule has 0 saturated heterocycles. The minimum atomic E-state index is -0.390. The van der Waals surface area contributed by atoms with E-state index in [-0.39, 0.29) is 17.7 Å². The number of carbonyl (C=O) groups excluding carboxylic acids is 2. The highest BCUT2D eigenvalue weighted by molar-refractivity contribution is 7.13. The summed E-state index contributed by atoms with van der Waals surface area (Å²) in [4.78, 5) is 25.8. The number of aryl methyl sites for hydroxylation is 3. The molecule has 1 atom stereocenters. The summed E-state index contributed by atoms with van der Waals surface area (Å²) in [5, 5.41) is 4.31. The Balaban J connectivity index is 2.01. The van der Waals surface area contributed by atoms with Crippen LogP contribution in [0.5, 0.6) is 0 Å². The zero-order valence-corrected chi connectivity index (χ0v) is 14.2. The number of carbonyl (C=O) groups is 2. The molecule has 2 amide bonds. The number of hydrazine groups is 1. The second-order valence-corrected chi connectivity index (χ2v) is 6.57. The van der Waals surface area contributed by atoms with Gasteiger partial charge in [0.1, 0.15) is 0 Å². The maximum Gasteiger partial charge on any atom is 0.279 e. The molecule has 6 nitrogen and oxygen atoms in total. The van der Waals surface area contributed by atoms with Crippen molar-refractivity contribution < 1.29 is 9.59 Å². The van der Waals surface area contributed by atoms with Crippen LogP contribution in [0.2, 0.25) is 0 Å². The summed E-state index contributed by atoms with van der Waals surface area (Å²) in [6, 6.07) is 3.60. The van der Waals surface area contributed by atoms with Gasteiger partial charge in [-0.25, -0.2) is 0 Å². The predicted octanol–water partition coefficient (Wildman–Crippen LogP) is 1.97. The van der Waals surface area contributed by atoms with E-state index in [0.29, 0.717) is 4.88 Å². The van der Waals surface area contributed by atoms with E-state index in [2.05, 4.69) is 16.0 Å². The summed E-state index contributed by atoms with van der Waals surface area (Å²) in [5.74, 6) is -0.960. The molecule has 22 heavy (non-hydrogen) atoms. The van der Waals surface area contributed by atoms with Gasteiger partial charge < -0.3 is 0 Å². The lowest BCUT2D eigenvalue weighted by Gasteiger charge is -2.13. The first-order valence-corrected chi connectivity index (χ1v) is 7.79. The summed E-state index contributed by atoms with van der Waals surface area (Å²) in [7, 11) is 1.84. The molecular weight excluding hydrogens is 300 g/mol. The lowest BCUT2D eigenvalue weighted by Crippen LogP contribution is -2.43. The van der Waals surface area contributed by atoms with Crippen LogP contribution in [0.25, 0.3) is 0 Å². The molecule has 0 bridgehead atoms. The predicted molar refractivity (Wildman–Crippen MR) is 85.8 cm³/mol. The number of hydrogen-bond donors (Lipinski definition) is 2. The fraction of sp³-hybridized carbons (Fsp3) is 0.400. The van der Waals surface area contributed by atoms with Crippen LogP contribution in [-0.4, -0.2) is 21.6 Å². The number of nitrogens with one attached hydrogen (secondary N) is 2. The first kappa shape index (κ1) is 16.2. The van der Waals surface area contributed by atoms with Crippen LogP contribution < -0.4 is 10.9 Å². The zero-order valence-electron chi connectivity index (χ0n) is 13.4. The molecule has 0 saturated carbocycles. The Morgan fingerprint density at radius 3 is 2.41 bits per heavy atom. The molecule has 2 aromatic heterocycles. The van der Waals surface area contributed by atoms with Crippen molar-refractivity contribution in [2.75, 3.05) is 0 Å². The molecule has 7 heteroatoms. The largest absolute Gasteiger partial charge is 0.279 e. The van der Waals surface area contributed by atoms with Gasteiger partial charge in [0.15, 0.2) is 0 Å². The molecule has 2 rings (SSSR count). The Kier molecular flexibility index (Phi) is 4.65. The molecule has 0 radical (unpaired) electrons. The molecule has 0 unspecified atom stereocenters. The fourth-order valence-corrected chi connectivity index (χ4v) is 3.16. The number of aromatic nitrogens is 2. The monoisotopic (exact) mass is 320 g/mol. The lowest BCUT2D eigenvalue weighted by molar-refractivity contribution is -0.123. The average Bonchev–Trinajstić information content (AvgIpc) is 3.00. The smallest absolute Gasteiger partial charge is 0.273 e. The third kappa shape index (κ3) is 3.19. The summed E-state index contributed by atoms with van der Waals surface area (Å²) >= 11 is 1.38. The maximum absolute atomic E-state index is 12.2. The van der Waals surface area contributed by atoms with Crippen molar-refractivity contribution in [3.63, 3.8) is 0 Å². The van der Waals surface area contributed by atoms with Gasteiger partial charge >= 0.3 is 0 Å². The van der Waals surface area contributed by atoms with Crippen molar-refractivity contribution in [1.82, 2.24) is 20.6 Å². The lowest BCUT2D eigenvalue weighted by atomic mass is 9.98. The van der Waals surface area contributed by atoms with Crippen molar-refractivity contribution in [3.8, 4) is 0 Å². The van der Waals surface area contributed by atoms with Crippen LogP contribution in [-0.2, 0) is 11.8 Å². The molecule has 0 aliphatic rings. The van der Waals surface area contributed by atoms with Gasteiger partial charge in [-0.1, -0.05) is 0 Å². The topological polar surface area (TPSA) is 76.0 Å². The van der Waals surface area contributed by atoms with Crippen LogP contribution in [0.1, 0.15) is 44.3 Å². The third-order valence-electron chi connectivity index (χ3n) is 3.65. The normalized spacial score (nSPS) is 12.0. The van der Waals surface area contributed by atoms with Crippen LogP contribution in [0.3, 0.4) is 0 Å². The van der Waals surface area contributed by atoms with Crippen molar-refractivity contribution in [1.29, 1.82) is 0 Å². The van der Waals surface area contributed by atoms with E-state index < -0.39 is 0 Å². The van der Waals surface area contributed by atoms with E-state index in [4.69, 9.17) is 0 Å². The van der Waals surface area contributed by atoms with Crippen LogP contribution in [0.15, 0.2) is 12.1 Å². The second kappa shape index (κ2) is 6.31. The van der Waals surface area contributed by atoms with Gasteiger partial charge in [0, 0.05) is 23.2 Å². The molecule has 0 aliphatic carbocycles. The van der Waals surface area contributed by atoms with Crippen molar-refractivity contribution in [3.05, 3.63) is 38.8 Å². The quantitative estimate of drug-likeness (QED) is 0.849. The summed E-state index contributed by atoms with van der Waals surface area (Å²) in [6.07, 6.45) is 0. The first-order valence-electron chi connectivity index (χ1n) is 6.98. The minimum absolute atomic E-state index is 0.263. The highest BCUT2D eigenvalue weighted by atomic mass is 32.1. The van der Waals surface area contributed by atoms with E-state index in [1.54, 1.807) is 17.7 Å². The second-order valence-electron chi connectivity index (χ2n) is 5.28. The molecule has 2 heterocycles. The molecule has 0 aromatic carbocycles. The number of thiophene rings is 1. The number of hydrogen-bond acceptors (Lipinski definition) is 4. The average molecular weight is 320 g/mol. The van der Waals surface area contributed by atoms with Gasteiger partial charge in [0.25, 0.3) is 5.91 Å². The Bertz CT molecular complexity index is 717. The van der Waals surface area contributed by atoms with E-state index in [0.717, 1.165) is 21.8 Å². The van der Waals surface area contributed by atoms with Gasteiger partial charge in [-0.05, 0) is 39.8 Å². The fourth-order valence-electron chi connectivity index (χ4n) is 2.39. The summed E-state index contributed by atoms with van der Waals surface area (Å²) in [6.45, 7) is 7.52. The molecule has 0 fully saturated rings. The van der Waals surface area contributed by atoms with Crippen molar-refractivity contribution in [2.45, 2.75) is 33.6 Å². The van der Waals surface area contributed by atoms with Crippen LogP contribution in [0, 0.1) is 20.8 Å². The van der Waals surface area contributed by atoms with Crippen LogP contribution in [0.4, 0.5) is 0 Å². The van der Waals surface area contributed by atoms with Gasteiger partial charge in [-0.3, -0.25) is 25.1 Å². The van der Waals surface area contributed by atoms with Gasteiger partial charge in [-0.2, -0.15) is 5.10 Å². The van der Waals surface area contributed by atoms with E-state index in [1.807, 2.05) is 33.9 Å². The Morgan fingerprint density at radius 2 is 1.91 bits per heavy atom. The summed E-state index contributed by atoms with van der Waals surface area (Å²) < 4.78 is 1.75. The Labute approximate surface area is 133 Å². The Morgan fingerprint density at radius 1 is 1.23 bits per heavy atom. The first-order chi connectivity index (χ1) is 10.3. The number of nitrogens with zero attached hydrogens (tertiary/aromatic N) is 2. The van der Waals surface area contributed by atoms with E-state index in [1.165, 1.54) is 11.3 Å². The van der Waals surface area contributed by atoms with E-state index in [9.17, 15) is 9.59 Å². The number of amides is 2. The molecule has 0 aliphatic heterocycles. The van der Waals surface area contributed by atoms with Crippen molar-refractivity contribution in [2.24, 2.45) is 7.05 Å². The molecule has 2 aromatic rings.